The number of carbonyl (C=O) groups excluding carboxylic acids is 1. The van der Waals surface area contributed by atoms with Gasteiger partial charge in [-0.3, -0.25) is 9.59 Å². The summed E-state index contributed by atoms with van der Waals surface area (Å²) in [6, 6.07) is 5.78. The molecule has 1 atom stereocenters. The number of para-hydroxylation sites is 1. The zero-order valence-electron chi connectivity index (χ0n) is 11.6. The largest absolute Gasteiger partial charge is 0.490 e. The monoisotopic (exact) mass is 295 g/mol. The first kappa shape index (κ1) is 15.3. The maximum Gasteiger partial charge on any atom is 0.305 e. The topological polar surface area (TPSA) is 66.8 Å². The first-order chi connectivity index (χ1) is 10.1. The lowest BCUT2D eigenvalue weighted by Crippen LogP contribution is -2.37. The molecule has 2 rings (SSSR count). The van der Waals surface area contributed by atoms with Gasteiger partial charge >= 0.3 is 5.97 Å². The Bertz CT molecular complexity index is 520. The summed E-state index contributed by atoms with van der Waals surface area (Å²) in [7, 11) is 0. The highest BCUT2D eigenvalue weighted by atomic mass is 19.1. The van der Waals surface area contributed by atoms with Gasteiger partial charge in [-0.05, 0) is 25.0 Å². The molecule has 1 amide bonds. The number of carboxylic acids is 1. The van der Waals surface area contributed by atoms with Crippen LogP contribution < -0.4 is 4.74 Å². The van der Waals surface area contributed by atoms with Gasteiger partial charge in [0.2, 0.25) is 5.91 Å². The second kappa shape index (κ2) is 7.06. The van der Waals surface area contributed by atoms with E-state index in [2.05, 4.69) is 0 Å². The van der Waals surface area contributed by atoms with Gasteiger partial charge in [-0.1, -0.05) is 12.1 Å². The molecule has 1 aliphatic heterocycles. The van der Waals surface area contributed by atoms with Crippen LogP contribution in [0.2, 0.25) is 0 Å². The molecule has 21 heavy (non-hydrogen) atoms. The van der Waals surface area contributed by atoms with Gasteiger partial charge in [-0.25, -0.2) is 4.39 Å². The Labute approximate surface area is 122 Å². The van der Waals surface area contributed by atoms with E-state index in [0.717, 1.165) is 6.42 Å². The van der Waals surface area contributed by atoms with E-state index in [-0.39, 0.29) is 37.1 Å². The lowest BCUT2D eigenvalue weighted by atomic mass is 10.1. The summed E-state index contributed by atoms with van der Waals surface area (Å²) in [6.45, 7) is 0.659. The molecule has 1 saturated heterocycles. The minimum Gasteiger partial charge on any atom is -0.490 e. The molecule has 0 spiro atoms. The second-order valence-corrected chi connectivity index (χ2v) is 5.01. The van der Waals surface area contributed by atoms with Crippen LogP contribution in [0.3, 0.4) is 0 Å². The lowest BCUT2D eigenvalue weighted by Gasteiger charge is -2.23. The third-order valence-corrected chi connectivity index (χ3v) is 3.52. The number of likely N-dealkylation sites (tertiary alicyclic amines) is 1. The second-order valence-electron chi connectivity index (χ2n) is 5.01. The van der Waals surface area contributed by atoms with Gasteiger partial charge in [0.05, 0.1) is 19.4 Å². The highest BCUT2D eigenvalue weighted by Crippen LogP contribution is 2.21. The Hall–Kier alpha value is -2.11. The van der Waals surface area contributed by atoms with E-state index in [0.29, 0.717) is 13.0 Å². The van der Waals surface area contributed by atoms with Gasteiger partial charge in [0.25, 0.3) is 0 Å². The fraction of sp³-hybridized carbons (Fsp3) is 0.467. The van der Waals surface area contributed by atoms with Gasteiger partial charge in [0.15, 0.2) is 11.6 Å². The zero-order chi connectivity index (χ0) is 15.2. The van der Waals surface area contributed by atoms with Crippen molar-refractivity contribution in [3.05, 3.63) is 30.1 Å². The standard InChI is InChI=1S/C15H18FNO4/c16-12-5-1-2-6-13(12)21-9-7-14(18)17-8-3-4-11(17)10-15(19)20/h1-2,5-6,11H,3-4,7-10H2,(H,19,20). The Balaban J connectivity index is 1.81. The minimum absolute atomic E-state index is 0.0279. The molecule has 1 N–H and O–H groups in total. The molecular formula is C15H18FNO4. The van der Waals surface area contributed by atoms with E-state index in [4.69, 9.17) is 9.84 Å². The third kappa shape index (κ3) is 4.18. The SMILES string of the molecule is O=C(O)CC1CCCN1C(=O)CCOc1ccccc1F. The Morgan fingerprint density at radius 1 is 1.38 bits per heavy atom. The quantitative estimate of drug-likeness (QED) is 0.872. The molecule has 1 aromatic carbocycles. The number of ether oxygens (including phenoxy) is 1. The van der Waals surface area contributed by atoms with Crippen molar-refractivity contribution in [2.45, 2.75) is 31.7 Å². The number of hydrogen-bond acceptors (Lipinski definition) is 3. The number of aliphatic carboxylic acids is 1. The van der Waals surface area contributed by atoms with Crippen molar-refractivity contribution in [3.63, 3.8) is 0 Å². The van der Waals surface area contributed by atoms with E-state index in [1.807, 2.05) is 0 Å². The summed E-state index contributed by atoms with van der Waals surface area (Å²) in [5.41, 5.74) is 0. The number of amides is 1. The van der Waals surface area contributed by atoms with E-state index in [1.54, 1.807) is 17.0 Å². The maximum atomic E-state index is 13.3. The van der Waals surface area contributed by atoms with E-state index < -0.39 is 11.8 Å². The molecule has 1 aliphatic rings. The van der Waals surface area contributed by atoms with Gasteiger partial charge < -0.3 is 14.7 Å². The third-order valence-electron chi connectivity index (χ3n) is 3.52. The Kier molecular flexibility index (Phi) is 5.14. The van der Waals surface area contributed by atoms with Crippen LogP contribution >= 0.6 is 0 Å². The lowest BCUT2D eigenvalue weighted by molar-refractivity contribution is -0.140. The van der Waals surface area contributed by atoms with Crippen LogP contribution in [0.25, 0.3) is 0 Å². The molecule has 0 aliphatic carbocycles. The summed E-state index contributed by atoms with van der Waals surface area (Å²) in [4.78, 5) is 24.4. The molecule has 1 unspecified atom stereocenters. The molecule has 5 nitrogen and oxygen atoms in total. The first-order valence-electron chi connectivity index (χ1n) is 6.96. The van der Waals surface area contributed by atoms with Crippen LogP contribution in [0.1, 0.15) is 25.7 Å². The molecule has 0 saturated carbocycles. The first-order valence-corrected chi connectivity index (χ1v) is 6.96. The summed E-state index contributed by atoms with van der Waals surface area (Å²) in [6.07, 6.45) is 1.62. The Morgan fingerprint density at radius 3 is 2.86 bits per heavy atom. The fourth-order valence-corrected chi connectivity index (χ4v) is 2.53. The van der Waals surface area contributed by atoms with Crippen molar-refractivity contribution in [1.29, 1.82) is 0 Å². The van der Waals surface area contributed by atoms with Crippen molar-refractivity contribution in [2.75, 3.05) is 13.2 Å². The van der Waals surface area contributed by atoms with Crippen molar-refractivity contribution in [2.24, 2.45) is 0 Å². The molecule has 0 radical (unpaired) electrons. The number of halogens is 1. The zero-order valence-corrected chi connectivity index (χ0v) is 11.6. The van der Waals surface area contributed by atoms with Crippen LogP contribution in [0, 0.1) is 5.82 Å². The number of carboxylic acid groups (broad SMARTS) is 1. The van der Waals surface area contributed by atoms with E-state index in [1.165, 1.54) is 12.1 Å². The van der Waals surface area contributed by atoms with Gasteiger partial charge in [-0.15, -0.1) is 0 Å². The summed E-state index contributed by atoms with van der Waals surface area (Å²) in [5, 5.41) is 8.82. The van der Waals surface area contributed by atoms with Gasteiger partial charge in [-0.2, -0.15) is 0 Å². The van der Waals surface area contributed by atoms with Crippen molar-refractivity contribution >= 4 is 11.9 Å². The van der Waals surface area contributed by atoms with Crippen molar-refractivity contribution < 1.29 is 23.8 Å². The normalized spacial score (nSPS) is 17.8. The number of benzene rings is 1. The van der Waals surface area contributed by atoms with Crippen LogP contribution in [-0.4, -0.2) is 41.1 Å². The summed E-state index contributed by atoms with van der Waals surface area (Å²) in [5.74, 6) is -1.39. The van der Waals surface area contributed by atoms with Crippen LogP contribution in [0.4, 0.5) is 4.39 Å². The molecule has 1 fully saturated rings. The van der Waals surface area contributed by atoms with E-state index in [9.17, 15) is 14.0 Å². The molecule has 0 bridgehead atoms. The van der Waals surface area contributed by atoms with Crippen LogP contribution in [0.15, 0.2) is 24.3 Å². The number of rotatable bonds is 6. The molecule has 0 aromatic heterocycles. The predicted molar refractivity (Wildman–Crippen MR) is 73.5 cm³/mol. The van der Waals surface area contributed by atoms with Gasteiger partial charge in [0.1, 0.15) is 0 Å². The maximum absolute atomic E-state index is 13.3. The highest BCUT2D eigenvalue weighted by Gasteiger charge is 2.29. The smallest absolute Gasteiger partial charge is 0.305 e. The minimum atomic E-state index is -0.901. The average molecular weight is 295 g/mol. The molecular weight excluding hydrogens is 277 g/mol. The highest BCUT2D eigenvalue weighted by molar-refractivity contribution is 5.78. The van der Waals surface area contributed by atoms with Crippen molar-refractivity contribution in [1.82, 2.24) is 4.90 Å². The number of carbonyl (C=O) groups is 2. The number of hydrogen-bond donors (Lipinski definition) is 1. The van der Waals surface area contributed by atoms with Crippen LogP contribution in [-0.2, 0) is 9.59 Å². The summed E-state index contributed by atoms with van der Waals surface area (Å²) >= 11 is 0. The molecule has 6 heteroatoms. The predicted octanol–water partition coefficient (Wildman–Crippen LogP) is 2.06. The molecule has 1 heterocycles. The summed E-state index contributed by atoms with van der Waals surface area (Å²) < 4.78 is 18.6. The average Bonchev–Trinajstić information content (AvgIpc) is 2.88. The molecule has 114 valence electrons. The fourth-order valence-electron chi connectivity index (χ4n) is 2.53. The van der Waals surface area contributed by atoms with Crippen molar-refractivity contribution in [3.8, 4) is 5.75 Å². The van der Waals surface area contributed by atoms with Gasteiger partial charge in [0, 0.05) is 12.6 Å². The molecule has 1 aromatic rings. The van der Waals surface area contributed by atoms with E-state index >= 15 is 0 Å². The Morgan fingerprint density at radius 2 is 2.14 bits per heavy atom. The van der Waals surface area contributed by atoms with Crippen LogP contribution in [0.5, 0.6) is 5.75 Å². The number of nitrogens with zero attached hydrogens (tertiary/aromatic N) is 1.